The van der Waals surface area contributed by atoms with E-state index in [0.29, 0.717) is 5.82 Å². The van der Waals surface area contributed by atoms with E-state index in [0.717, 1.165) is 18.8 Å². The molecular weight excluding hydrogens is 228 g/mol. The molecule has 0 aliphatic carbocycles. The highest BCUT2D eigenvalue weighted by Crippen LogP contribution is 2.05. The molecule has 0 aromatic carbocycles. The van der Waals surface area contributed by atoms with Gasteiger partial charge < -0.3 is 5.43 Å². The molecule has 0 fully saturated rings. The van der Waals surface area contributed by atoms with E-state index in [1.54, 1.807) is 18.6 Å². The van der Waals surface area contributed by atoms with Gasteiger partial charge in [-0.05, 0) is 18.7 Å². The minimum atomic E-state index is 0.564. The highest BCUT2D eigenvalue weighted by molar-refractivity contribution is 5.28. The molecule has 0 spiro atoms. The Labute approximate surface area is 106 Å². The maximum atomic E-state index is 5.23. The summed E-state index contributed by atoms with van der Waals surface area (Å²) in [5.74, 6) is 5.80. The summed E-state index contributed by atoms with van der Waals surface area (Å²) in [6.45, 7) is 1.55. The van der Waals surface area contributed by atoms with E-state index in [1.807, 2.05) is 19.3 Å². The number of hydrogen-bond acceptors (Lipinski definition) is 6. The molecule has 0 radical (unpaired) electrons. The predicted octanol–water partition coefficient (Wildman–Crippen LogP) is 0.789. The van der Waals surface area contributed by atoms with Gasteiger partial charge in [0.25, 0.3) is 0 Å². The van der Waals surface area contributed by atoms with Crippen LogP contribution in [0.1, 0.15) is 11.3 Å². The molecule has 0 atom stereocenters. The lowest BCUT2D eigenvalue weighted by Crippen LogP contribution is -2.18. The third kappa shape index (κ3) is 3.47. The molecule has 2 rings (SSSR count). The van der Waals surface area contributed by atoms with E-state index in [9.17, 15) is 0 Å². The molecule has 2 aromatic rings. The van der Waals surface area contributed by atoms with Gasteiger partial charge >= 0.3 is 0 Å². The van der Waals surface area contributed by atoms with Crippen molar-refractivity contribution in [2.75, 3.05) is 12.5 Å². The van der Waals surface area contributed by atoms with E-state index in [1.165, 1.54) is 5.56 Å². The first kappa shape index (κ1) is 12.4. The summed E-state index contributed by atoms with van der Waals surface area (Å²) in [7, 11) is 2.03. The van der Waals surface area contributed by atoms with Gasteiger partial charge in [0.2, 0.25) is 0 Å². The number of hydrazine groups is 1. The van der Waals surface area contributed by atoms with Crippen molar-refractivity contribution >= 4 is 5.82 Å². The van der Waals surface area contributed by atoms with Crippen LogP contribution in [0.2, 0.25) is 0 Å². The highest BCUT2D eigenvalue weighted by Gasteiger charge is 2.03. The molecule has 0 amide bonds. The van der Waals surface area contributed by atoms with Crippen molar-refractivity contribution < 1.29 is 0 Å². The zero-order valence-electron chi connectivity index (χ0n) is 10.2. The fourth-order valence-corrected chi connectivity index (χ4v) is 1.65. The van der Waals surface area contributed by atoms with Gasteiger partial charge in [0.15, 0.2) is 5.82 Å². The second kappa shape index (κ2) is 6.04. The van der Waals surface area contributed by atoms with Crippen LogP contribution in [0.4, 0.5) is 5.82 Å². The Hall–Kier alpha value is -2.05. The lowest BCUT2D eigenvalue weighted by molar-refractivity contribution is 0.314. The van der Waals surface area contributed by atoms with Crippen molar-refractivity contribution in [1.82, 2.24) is 19.9 Å². The minimum absolute atomic E-state index is 0.564. The number of hydrogen-bond donors (Lipinski definition) is 2. The number of pyridine rings is 1. The summed E-state index contributed by atoms with van der Waals surface area (Å²) in [6.07, 6.45) is 6.97. The van der Waals surface area contributed by atoms with Crippen LogP contribution in [-0.4, -0.2) is 26.9 Å². The minimum Gasteiger partial charge on any atom is -0.307 e. The number of nitrogens with one attached hydrogen (secondary N) is 1. The smallest absolute Gasteiger partial charge is 0.158 e. The summed E-state index contributed by atoms with van der Waals surface area (Å²) in [5.41, 5.74) is 4.53. The van der Waals surface area contributed by atoms with Crippen LogP contribution >= 0.6 is 0 Å². The largest absolute Gasteiger partial charge is 0.307 e. The monoisotopic (exact) mass is 244 g/mol. The number of nitrogens with two attached hydrogens (primary N) is 1. The van der Waals surface area contributed by atoms with E-state index < -0.39 is 0 Å². The summed E-state index contributed by atoms with van der Waals surface area (Å²) in [5, 5.41) is 0. The number of aromatic nitrogens is 3. The Kier molecular flexibility index (Phi) is 4.16. The highest BCUT2D eigenvalue weighted by atomic mass is 15.3. The molecule has 0 saturated carbocycles. The molecule has 0 saturated heterocycles. The molecule has 6 nitrogen and oxygen atoms in total. The Morgan fingerprint density at radius 3 is 2.72 bits per heavy atom. The summed E-state index contributed by atoms with van der Waals surface area (Å²) in [4.78, 5) is 14.6. The maximum absolute atomic E-state index is 5.23. The van der Waals surface area contributed by atoms with Gasteiger partial charge in [-0.25, -0.2) is 10.8 Å². The normalized spacial score (nSPS) is 10.6. The number of anilines is 1. The van der Waals surface area contributed by atoms with Gasteiger partial charge in [0.05, 0.1) is 18.1 Å². The molecule has 0 bridgehead atoms. The van der Waals surface area contributed by atoms with Crippen molar-refractivity contribution in [3.05, 3.63) is 48.2 Å². The first-order valence-corrected chi connectivity index (χ1v) is 5.63. The second-order valence-corrected chi connectivity index (χ2v) is 4.07. The fraction of sp³-hybridized carbons (Fsp3) is 0.250. The van der Waals surface area contributed by atoms with Gasteiger partial charge in [-0.2, -0.15) is 0 Å². The van der Waals surface area contributed by atoms with Gasteiger partial charge in [-0.15, -0.1) is 0 Å². The van der Waals surface area contributed by atoms with Gasteiger partial charge in [-0.1, -0.05) is 6.07 Å². The van der Waals surface area contributed by atoms with Crippen LogP contribution in [0.5, 0.6) is 0 Å². The van der Waals surface area contributed by atoms with Crippen molar-refractivity contribution in [2.24, 2.45) is 5.84 Å². The molecule has 18 heavy (non-hydrogen) atoms. The van der Waals surface area contributed by atoms with E-state index in [4.69, 9.17) is 5.84 Å². The number of nitrogen functional groups attached to an aromatic ring is 1. The van der Waals surface area contributed by atoms with Crippen molar-refractivity contribution in [3.63, 3.8) is 0 Å². The van der Waals surface area contributed by atoms with E-state index >= 15 is 0 Å². The summed E-state index contributed by atoms with van der Waals surface area (Å²) >= 11 is 0. The zero-order valence-corrected chi connectivity index (χ0v) is 10.2. The van der Waals surface area contributed by atoms with Crippen LogP contribution in [0.15, 0.2) is 36.9 Å². The van der Waals surface area contributed by atoms with Crippen LogP contribution < -0.4 is 11.3 Å². The van der Waals surface area contributed by atoms with Crippen LogP contribution in [0, 0.1) is 0 Å². The Morgan fingerprint density at radius 2 is 2.11 bits per heavy atom. The van der Waals surface area contributed by atoms with Gasteiger partial charge in [0, 0.05) is 25.5 Å². The lowest BCUT2D eigenvalue weighted by atomic mass is 10.2. The average molecular weight is 244 g/mol. The van der Waals surface area contributed by atoms with E-state index in [-0.39, 0.29) is 0 Å². The van der Waals surface area contributed by atoms with Crippen molar-refractivity contribution in [3.8, 4) is 0 Å². The molecule has 0 unspecified atom stereocenters. The van der Waals surface area contributed by atoms with Crippen LogP contribution in [0.3, 0.4) is 0 Å². The third-order valence-electron chi connectivity index (χ3n) is 2.46. The average Bonchev–Trinajstić information content (AvgIpc) is 2.40. The molecule has 94 valence electrons. The van der Waals surface area contributed by atoms with Crippen LogP contribution in [-0.2, 0) is 13.1 Å². The van der Waals surface area contributed by atoms with Gasteiger partial charge in [-0.3, -0.25) is 14.9 Å². The first-order chi connectivity index (χ1) is 8.78. The molecule has 0 aliphatic heterocycles. The Morgan fingerprint density at radius 1 is 1.22 bits per heavy atom. The lowest BCUT2D eigenvalue weighted by Gasteiger charge is -2.15. The molecule has 2 heterocycles. The SMILES string of the molecule is CN(Cc1cccnc1)Cc1cnc(NN)cn1. The molecular formula is C12H16N6. The molecule has 2 aromatic heterocycles. The second-order valence-electron chi connectivity index (χ2n) is 4.07. The summed E-state index contributed by atoms with van der Waals surface area (Å²) in [6, 6.07) is 3.99. The van der Waals surface area contributed by atoms with Crippen molar-refractivity contribution in [2.45, 2.75) is 13.1 Å². The van der Waals surface area contributed by atoms with Gasteiger partial charge in [0.1, 0.15) is 0 Å². The molecule has 0 aliphatic rings. The fourth-order valence-electron chi connectivity index (χ4n) is 1.65. The molecule has 6 heteroatoms. The van der Waals surface area contributed by atoms with Crippen molar-refractivity contribution in [1.29, 1.82) is 0 Å². The quantitative estimate of drug-likeness (QED) is 0.598. The molecule has 3 N–H and O–H groups in total. The zero-order chi connectivity index (χ0) is 12.8. The standard InChI is InChI=1S/C12H16N6/c1-18(8-10-3-2-4-14-5-10)9-11-6-16-12(17-13)7-15-11/h2-7H,8-9,13H2,1H3,(H,16,17). The summed E-state index contributed by atoms with van der Waals surface area (Å²) < 4.78 is 0. The Bertz CT molecular complexity index is 470. The number of nitrogens with zero attached hydrogens (tertiary/aromatic N) is 4. The maximum Gasteiger partial charge on any atom is 0.158 e. The predicted molar refractivity (Wildman–Crippen MR) is 69.3 cm³/mol. The number of rotatable bonds is 5. The third-order valence-corrected chi connectivity index (χ3v) is 2.46. The van der Waals surface area contributed by atoms with E-state index in [2.05, 4.69) is 31.3 Å². The van der Waals surface area contributed by atoms with Crippen LogP contribution in [0.25, 0.3) is 0 Å². The first-order valence-electron chi connectivity index (χ1n) is 5.63. The Balaban J connectivity index is 1.92. The topological polar surface area (TPSA) is 80.0 Å².